The van der Waals surface area contributed by atoms with Crippen LogP contribution in [0.5, 0.6) is 0 Å². The maximum absolute atomic E-state index is 11.4. The van der Waals surface area contributed by atoms with E-state index in [0.717, 1.165) is 17.1 Å². The summed E-state index contributed by atoms with van der Waals surface area (Å²) < 4.78 is 22.8. The molecule has 88 valence electrons. The van der Waals surface area contributed by atoms with Gasteiger partial charge in [-0.15, -0.1) is 11.8 Å². The summed E-state index contributed by atoms with van der Waals surface area (Å²) in [7, 11) is -2.90. The molecule has 4 heteroatoms. The summed E-state index contributed by atoms with van der Waals surface area (Å²) in [6.07, 6.45) is 5.72. The molecule has 1 aliphatic rings. The van der Waals surface area contributed by atoms with Gasteiger partial charge in [-0.05, 0) is 30.4 Å². The summed E-state index contributed by atoms with van der Waals surface area (Å²) >= 11 is 1.72. The number of hydrogen-bond acceptors (Lipinski definition) is 3. The van der Waals surface area contributed by atoms with Crippen LogP contribution >= 0.6 is 11.8 Å². The number of rotatable bonds is 6. The summed E-state index contributed by atoms with van der Waals surface area (Å²) in [6.45, 7) is 3.98. The highest BCUT2D eigenvalue weighted by Gasteiger charge is 2.27. The predicted octanol–water partition coefficient (Wildman–Crippen LogP) is 3.35. The SMILES string of the molecule is CCCCCCSC1=CS(=O)(=O)C(C)C1. The van der Waals surface area contributed by atoms with Gasteiger partial charge >= 0.3 is 0 Å². The van der Waals surface area contributed by atoms with Gasteiger partial charge in [-0.1, -0.05) is 26.2 Å². The standard InChI is InChI=1S/C11H20O2S2/c1-3-4-5-6-7-14-11-8-10(2)15(12,13)9-11/h9-10H,3-8H2,1-2H3. The van der Waals surface area contributed by atoms with Gasteiger partial charge in [0.2, 0.25) is 0 Å². The Labute approximate surface area is 97.4 Å². The van der Waals surface area contributed by atoms with Crippen LogP contribution in [0.1, 0.15) is 46.0 Å². The van der Waals surface area contributed by atoms with E-state index in [1.807, 2.05) is 0 Å². The Kier molecular flexibility index (Phi) is 5.19. The molecule has 0 spiro atoms. The molecule has 1 heterocycles. The second-order valence-corrected chi connectivity index (χ2v) is 7.54. The number of allylic oxidation sites excluding steroid dienone is 1. The highest BCUT2D eigenvalue weighted by Crippen LogP contribution is 2.32. The average molecular weight is 248 g/mol. The highest BCUT2D eigenvalue weighted by molar-refractivity contribution is 8.04. The lowest BCUT2D eigenvalue weighted by atomic mass is 10.2. The Morgan fingerprint density at radius 1 is 1.40 bits per heavy atom. The number of thioether (sulfide) groups is 1. The van der Waals surface area contributed by atoms with Crippen LogP contribution in [0.25, 0.3) is 0 Å². The zero-order valence-corrected chi connectivity index (χ0v) is 11.2. The van der Waals surface area contributed by atoms with E-state index < -0.39 is 9.84 Å². The molecule has 0 aromatic heterocycles. The highest BCUT2D eigenvalue weighted by atomic mass is 32.2. The van der Waals surface area contributed by atoms with Crippen molar-refractivity contribution in [3.05, 3.63) is 10.3 Å². The molecule has 1 unspecified atom stereocenters. The van der Waals surface area contributed by atoms with Gasteiger partial charge in [0, 0.05) is 5.41 Å². The number of unbranched alkanes of at least 4 members (excludes halogenated alkanes) is 3. The fraction of sp³-hybridized carbons (Fsp3) is 0.818. The molecule has 0 fully saturated rings. The first-order chi connectivity index (χ1) is 7.06. The van der Waals surface area contributed by atoms with Crippen LogP contribution in [0.2, 0.25) is 0 Å². The quantitative estimate of drug-likeness (QED) is 0.676. The average Bonchev–Trinajstić information content (AvgIpc) is 2.40. The van der Waals surface area contributed by atoms with Gasteiger partial charge in [0.1, 0.15) is 0 Å². The Hall–Kier alpha value is 0.0400. The maximum Gasteiger partial charge on any atom is 0.175 e. The van der Waals surface area contributed by atoms with Crippen molar-refractivity contribution < 1.29 is 8.42 Å². The minimum Gasteiger partial charge on any atom is -0.224 e. The van der Waals surface area contributed by atoms with Crippen molar-refractivity contribution in [1.82, 2.24) is 0 Å². The number of sulfone groups is 1. The van der Waals surface area contributed by atoms with Crippen molar-refractivity contribution in [3.8, 4) is 0 Å². The summed E-state index contributed by atoms with van der Waals surface area (Å²) in [4.78, 5) is 1.05. The van der Waals surface area contributed by atoms with E-state index in [-0.39, 0.29) is 5.25 Å². The van der Waals surface area contributed by atoms with Gasteiger partial charge in [0.05, 0.1) is 5.25 Å². The molecule has 0 aromatic carbocycles. The minimum atomic E-state index is -2.90. The van der Waals surface area contributed by atoms with Crippen molar-refractivity contribution in [1.29, 1.82) is 0 Å². The fourth-order valence-electron chi connectivity index (χ4n) is 1.57. The van der Waals surface area contributed by atoms with E-state index in [4.69, 9.17) is 0 Å². The summed E-state index contributed by atoms with van der Waals surface area (Å²) in [5.41, 5.74) is 0. The molecular weight excluding hydrogens is 228 g/mol. The second-order valence-electron chi connectivity index (χ2n) is 4.10. The molecule has 0 bridgehead atoms. The molecule has 2 nitrogen and oxygen atoms in total. The minimum absolute atomic E-state index is 0.198. The van der Waals surface area contributed by atoms with Crippen LogP contribution < -0.4 is 0 Å². The third kappa shape index (κ3) is 4.19. The zero-order chi connectivity index (χ0) is 11.3. The van der Waals surface area contributed by atoms with E-state index in [0.29, 0.717) is 0 Å². The monoisotopic (exact) mass is 248 g/mol. The van der Waals surface area contributed by atoms with Gasteiger partial charge in [-0.25, -0.2) is 8.42 Å². The molecule has 0 saturated carbocycles. The van der Waals surface area contributed by atoms with Gasteiger partial charge < -0.3 is 0 Å². The van der Waals surface area contributed by atoms with Crippen LogP contribution in [-0.4, -0.2) is 19.4 Å². The van der Waals surface area contributed by atoms with Crippen molar-refractivity contribution in [2.24, 2.45) is 0 Å². The molecule has 1 aliphatic heterocycles. The zero-order valence-electron chi connectivity index (χ0n) is 9.53. The third-order valence-electron chi connectivity index (χ3n) is 2.63. The Bertz CT molecular complexity index is 317. The van der Waals surface area contributed by atoms with Gasteiger partial charge in [-0.3, -0.25) is 0 Å². The van der Waals surface area contributed by atoms with E-state index in [9.17, 15) is 8.42 Å². The Morgan fingerprint density at radius 3 is 2.67 bits per heavy atom. The smallest absolute Gasteiger partial charge is 0.175 e. The predicted molar refractivity (Wildman–Crippen MR) is 67.7 cm³/mol. The van der Waals surface area contributed by atoms with Crippen molar-refractivity contribution in [2.75, 3.05) is 5.75 Å². The van der Waals surface area contributed by atoms with Gasteiger partial charge in [-0.2, -0.15) is 0 Å². The molecule has 1 rings (SSSR count). The second kappa shape index (κ2) is 5.94. The summed E-state index contributed by atoms with van der Waals surface area (Å²) in [5.74, 6) is 1.06. The molecule has 0 aromatic rings. The topological polar surface area (TPSA) is 34.1 Å². The first-order valence-electron chi connectivity index (χ1n) is 5.63. The van der Waals surface area contributed by atoms with Gasteiger partial charge in [0.15, 0.2) is 9.84 Å². The first kappa shape index (κ1) is 13.1. The number of hydrogen-bond donors (Lipinski definition) is 0. The van der Waals surface area contributed by atoms with Crippen molar-refractivity contribution in [2.45, 2.75) is 51.2 Å². The fourth-order valence-corrected chi connectivity index (χ4v) is 4.44. The van der Waals surface area contributed by atoms with E-state index in [1.165, 1.54) is 31.1 Å². The van der Waals surface area contributed by atoms with E-state index in [1.54, 1.807) is 18.7 Å². The Morgan fingerprint density at radius 2 is 2.13 bits per heavy atom. The first-order valence-corrected chi connectivity index (χ1v) is 8.23. The van der Waals surface area contributed by atoms with Crippen molar-refractivity contribution in [3.63, 3.8) is 0 Å². The lowest BCUT2D eigenvalue weighted by Gasteiger charge is -2.02. The molecule has 15 heavy (non-hydrogen) atoms. The molecule has 0 saturated heterocycles. The maximum atomic E-state index is 11.4. The molecule has 0 radical (unpaired) electrons. The van der Waals surface area contributed by atoms with Crippen LogP contribution in [0.15, 0.2) is 10.3 Å². The van der Waals surface area contributed by atoms with Crippen molar-refractivity contribution >= 4 is 21.6 Å². The molecular formula is C11H20O2S2. The largest absolute Gasteiger partial charge is 0.224 e. The van der Waals surface area contributed by atoms with Crippen LogP contribution in [0.4, 0.5) is 0 Å². The van der Waals surface area contributed by atoms with Crippen LogP contribution in [0.3, 0.4) is 0 Å². The van der Waals surface area contributed by atoms with Crippen LogP contribution in [0, 0.1) is 0 Å². The van der Waals surface area contributed by atoms with Gasteiger partial charge in [0.25, 0.3) is 0 Å². The lowest BCUT2D eigenvalue weighted by Crippen LogP contribution is -2.08. The van der Waals surface area contributed by atoms with E-state index >= 15 is 0 Å². The molecule has 0 amide bonds. The van der Waals surface area contributed by atoms with Crippen LogP contribution in [-0.2, 0) is 9.84 Å². The molecule has 1 atom stereocenters. The lowest BCUT2D eigenvalue weighted by molar-refractivity contribution is 0.596. The molecule has 0 N–H and O–H groups in total. The Balaban J connectivity index is 2.24. The summed E-state index contributed by atoms with van der Waals surface area (Å²) in [6, 6.07) is 0. The molecule has 0 aliphatic carbocycles. The normalized spacial score (nSPS) is 24.1. The van der Waals surface area contributed by atoms with E-state index in [2.05, 4.69) is 6.92 Å². The third-order valence-corrected chi connectivity index (χ3v) is 5.83. The summed E-state index contributed by atoms with van der Waals surface area (Å²) in [5, 5.41) is 1.28.